The maximum absolute atomic E-state index is 13.5. The molecule has 26 heavy (non-hydrogen) atoms. The van der Waals surface area contributed by atoms with E-state index in [0.29, 0.717) is 21.2 Å². The summed E-state index contributed by atoms with van der Waals surface area (Å²) in [5, 5.41) is 7.55. The minimum atomic E-state index is -0.707. The van der Waals surface area contributed by atoms with Crippen molar-refractivity contribution in [2.75, 3.05) is 5.32 Å². The van der Waals surface area contributed by atoms with E-state index in [1.807, 2.05) is 0 Å². The van der Waals surface area contributed by atoms with Gasteiger partial charge in [-0.05, 0) is 36.4 Å². The van der Waals surface area contributed by atoms with Crippen molar-refractivity contribution >= 4 is 55.1 Å². The van der Waals surface area contributed by atoms with Crippen molar-refractivity contribution in [2.24, 2.45) is 7.05 Å². The molecule has 1 N–H and O–H groups in total. The lowest BCUT2D eigenvalue weighted by atomic mass is 10.2. The van der Waals surface area contributed by atoms with Gasteiger partial charge in [-0.2, -0.15) is 5.10 Å². The summed E-state index contributed by atoms with van der Waals surface area (Å²) in [5.41, 5.74) is 0.140. The second kappa shape index (κ2) is 6.15. The minimum absolute atomic E-state index is 0.0868. The van der Waals surface area contributed by atoms with E-state index in [0.717, 1.165) is 10.8 Å². The van der Waals surface area contributed by atoms with Gasteiger partial charge in [0.1, 0.15) is 5.82 Å². The molecule has 9 heteroatoms. The number of nitrogens with one attached hydrogen (secondary N) is 1. The first kappa shape index (κ1) is 16.6. The van der Waals surface area contributed by atoms with Crippen molar-refractivity contribution in [3.63, 3.8) is 0 Å². The third-order valence-corrected chi connectivity index (χ3v) is 4.97. The van der Waals surface area contributed by atoms with Gasteiger partial charge in [-0.3, -0.25) is 19.6 Å². The van der Waals surface area contributed by atoms with Crippen LogP contribution in [0.2, 0.25) is 5.02 Å². The molecule has 0 aliphatic heterocycles. The summed E-state index contributed by atoms with van der Waals surface area (Å²) in [7, 11) is 1.58. The normalized spacial score (nSPS) is 11.2. The van der Waals surface area contributed by atoms with Crippen molar-refractivity contribution < 1.29 is 9.18 Å². The topological polar surface area (TPSA) is 76.9 Å². The van der Waals surface area contributed by atoms with Crippen LogP contribution in [0.25, 0.3) is 21.1 Å². The maximum atomic E-state index is 13.5. The summed E-state index contributed by atoms with van der Waals surface area (Å²) >= 11 is 7.17. The van der Waals surface area contributed by atoms with Crippen LogP contribution in [0.4, 0.5) is 9.52 Å². The monoisotopic (exact) mass is 388 g/mol. The Kier molecular flexibility index (Phi) is 3.93. The summed E-state index contributed by atoms with van der Waals surface area (Å²) < 4.78 is 15.7. The molecule has 0 saturated carbocycles. The number of carbonyl (C=O) groups excluding carboxylic acids is 1. The van der Waals surface area contributed by atoms with Crippen LogP contribution in [0.5, 0.6) is 0 Å². The molecule has 0 fully saturated rings. The highest BCUT2D eigenvalue weighted by Gasteiger charge is 2.18. The number of aromatic nitrogens is 3. The van der Waals surface area contributed by atoms with Gasteiger partial charge in [0.2, 0.25) is 5.43 Å². The fraction of sp³-hybridized carbons (Fsp3) is 0.0588. The summed E-state index contributed by atoms with van der Waals surface area (Å²) in [4.78, 5) is 29.3. The Morgan fingerprint density at radius 3 is 2.88 bits per heavy atom. The molecule has 1 amide bonds. The molecular formula is C17H10ClFN4O2S. The molecule has 2 aromatic carbocycles. The zero-order chi connectivity index (χ0) is 18.4. The van der Waals surface area contributed by atoms with Crippen molar-refractivity contribution in [2.45, 2.75) is 0 Å². The Balaban J connectivity index is 1.75. The molecule has 2 heterocycles. The molecule has 0 saturated heterocycles. The third-order valence-electron chi connectivity index (χ3n) is 3.80. The first-order valence-electron chi connectivity index (χ1n) is 7.46. The molecule has 2 aromatic heterocycles. The number of halogens is 2. The molecule has 0 aliphatic carbocycles. The smallest absolute Gasteiger partial charge is 0.281 e. The fourth-order valence-corrected chi connectivity index (χ4v) is 3.74. The van der Waals surface area contributed by atoms with E-state index >= 15 is 0 Å². The Morgan fingerprint density at radius 2 is 2.08 bits per heavy atom. The van der Waals surface area contributed by atoms with E-state index in [4.69, 9.17) is 11.6 Å². The molecule has 6 nitrogen and oxygen atoms in total. The highest BCUT2D eigenvalue weighted by atomic mass is 35.5. The van der Waals surface area contributed by atoms with Crippen molar-refractivity contribution in [1.29, 1.82) is 0 Å². The van der Waals surface area contributed by atoms with E-state index in [1.165, 1.54) is 28.2 Å². The van der Waals surface area contributed by atoms with Gasteiger partial charge in [-0.25, -0.2) is 9.37 Å². The third kappa shape index (κ3) is 2.83. The number of carbonyl (C=O) groups is 1. The van der Waals surface area contributed by atoms with Gasteiger partial charge in [0.25, 0.3) is 5.91 Å². The number of benzene rings is 2. The zero-order valence-electron chi connectivity index (χ0n) is 13.3. The lowest BCUT2D eigenvalue weighted by molar-refractivity contribution is 0.101. The number of anilines is 1. The summed E-state index contributed by atoms with van der Waals surface area (Å²) in [6, 6.07) is 8.94. The molecule has 4 aromatic rings. The molecular weight excluding hydrogens is 379 g/mol. The number of hydrogen-bond acceptors (Lipinski definition) is 5. The second-order valence-corrected chi connectivity index (χ2v) is 7.02. The van der Waals surface area contributed by atoms with E-state index in [1.54, 1.807) is 25.2 Å². The molecule has 4 rings (SSSR count). The lowest BCUT2D eigenvalue weighted by Gasteiger charge is -2.07. The average molecular weight is 389 g/mol. The van der Waals surface area contributed by atoms with E-state index in [-0.39, 0.29) is 11.1 Å². The van der Waals surface area contributed by atoms with Crippen LogP contribution < -0.4 is 10.7 Å². The largest absolute Gasteiger partial charge is 0.296 e. The van der Waals surface area contributed by atoms with Gasteiger partial charge in [0, 0.05) is 12.1 Å². The van der Waals surface area contributed by atoms with Crippen LogP contribution in [0.1, 0.15) is 10.5 Å². The summed E-state index contributed by atoms with van der Waals surface area (Å²) in [5.74, 6) is -1.27. The highest BCUT2D eigenvalue weighted by molar-refractivity contribution is 7.22. The van der Waals surface area contributed by atoms with Crippen molar-refractivity contribution in [1.82, 2.24) is 14.8 Å². The molecule has 0 unspecified atom stereocenters. The first-order valence-corrected chi connectivity index (χ1v) is 8.66. The van der Waals surface area contributed by atoms with Gasteiger partial charge in [-0.1, -0.05) is 22.9 Å². The number of rotatable bonds is 2. The van der Waals surface area contributed by atoms with Crippen LogP contribution in [0, 0.1) is 5.82 Å². The first-order chi connectivity index (χ1) is 12.4. The van der Waals surface area contributed by atoms with Crippen LogP contribution in [0.15, 0.2) is 41.2 Å². The summed E-state index contributed by atoms with van der Waals surface area (Å²) in [6.45, 7) is 0. The van der Waals surface area contributed by atoms with Gasteiger partial charge in [0.05, 0.1) is 21.1 Å². The molecule has 0 radical (unpaired) electrons. The van der Waals surface area contributed by atoms with Crippen LogP contribution in [-0.2, 0) is 7.05 Å². The van der Waals surface area contributed by atoms with Gasteiger partial charge in [-0.15, -0.1) is 0 Å². The molecule has 0 atom stereocenters. The maximum Gasteiger partial charge on any atom is 0.281 e. The van der Waals surface area contributed by atoms with Gasteiger partial charge < -0.3 is 0 Å². The molecule has 0 aliphatic rings. The zero-order valence-corrected chi connectivity index (χ0v) is 14.9. The standard InChI is InChI=1S/C17H10ClFN4O2S/c1-23-12-5-3-9(19)7-10(12)15(24)14(22-23)16(25)21-17-20-11-4-2-8(18)6-13(11)26-17/h2-7H,1H3,(H,20,21,25). The van der Waals surface area contributed by atoms with E-state index in [2.05, 4.69) is 15.4 Å². The summed E-state index contributed by atoms with van der Waals surface area (Å²) in [6.07, 6.45) is 0. The van der Waals surface area contributed by atoms with Gasteiger partial charge >= 0.3 is 0 Å². The Morgan fingerprint density at radius 1 is 1.27 bits per heavy atom. The number of nitrogens with zero attached hydrogens (tertiary/aromatic N) is 3. The molecule has 0 spiro atoms. The number of thiazole rings is 1. The van der Waals surface area contributed by atoms with Crippen LogP contribution >= 0.6 is 22.9 Å². The Bertz CT molecular complexity index is 1250. The predicted octanol–water partition coefficient (Wildman–Crippen LogP) is 3.59. The van der Waals surface area contributed by atoms with E-state index in [9.17, 15) is 14.0 Å². The lowest BCUT2D eigenvalue weighted by Crippen LogP contribution is -2.26. The number of amides is 1. The SMILES string of the molecule is Cn1nc(C(=O)Nc2nc3ccc(Cl)cc3s2)c(=O)c2cc(F)ccc21. The van der Waals surface area contributed by atoms with Crippen molar-refractivity contribution in [3.05, 3.63) is 63.2 Å². The van der Waals surface area contributed by atoms with Gasteiger partial charge in [0.15, 0.2) is 10.8 Å². The molecule has 0 bridgehead atoms. The number of aryl methyl sites for hydroxylation is 1. The average Bonchev–Trinajstić information content (AvgIpc) is 2.99. The van der Waals surface area contributed by atoms with E-state index < -0.39 is 17.2 Å². The highest BCUT2D eigenvalue weighted by Crippen LogP contribution is 2.28. The van der Waals surface area contributed by atoms with Crippen molar-refractivity contribution in [3.8, 4) is 0 Å². The fourth-order valence-electron chi connectivity index (χ4n) is 2.61. The minimum Gasteiger partial charge on any atom is -0.296 e. The van der Waals surface area contributed by atoms with Crippen LogP contribution in [0.3, 0.4) is 0 Å². The van der Waals surface area contributed by atoms with Crippen LogP contribution in [-0.4, -0.2) is 20.7 Å². The molecule has 130 valence electrons. The predicted molar refractivity (Wildman–Crippen MR) is 99.5 cm³/mol. The number of hydrogen-bond donors (Lipinski definition) is 1. The second-order valence-electron chi connectivity index (χ2n) is 5.55. The number of fused-ring (bicyclic) bond motifs is 2. The Hall–Kier alpha value is -2.84. The quantitative estimate of drug-likeness (QED) is 0.569. The Labute approximate surface area is 154 Å².